The summed E-state index contributed by atoms with van der Waals surface area (Å²) in [5.41, 5.74) is 0.806. The van der Waals surface area contributed by atoms with E-state index < -0.39 is 0 Å². The smallest absolute Gasteiger partial charge is 0.164 e. The predicted molar refractivity (Wildman–Crippen MR) is 53.9 cm³/mol. The normalized spacial score (nSPS) is 9.92. The molecule has 70 valence electrons. The van der Waals surface area contributed by atoms with Gasteiger partial charge in [-0.25, -0.2) is 0 Å². The van der Waals surface area contributed by atoms with Crippen molar-refractivity contribution in [2.45, 2.75) is 13.3 Å². The maximum absolute atomic E-state index is 11.5. The van der Waals surface area contributed by atoms with Crippen LogP contribution >= 0.6 is 0 Å². The monoisotopic (exact) mass is 177 g/mol. The molecule has 0 fully saturated rings. The third-order valence-corrected chi connectivity index (χ3v) is 1.87. The Labute approximate surface area is 79.0 Å². The molecule has 1 aromatic rings. The first kappa shape index (κ1) is 9.93. The summed E-state index contributed by atoms with van der Waals surface area (Å²) >= 11 is 0. The number of Topliss-reactive ketones (excluding diaryl/α,β-unsaturated/α-hetero) is 1. The van der Waals surface area contributed by atoms with Gasteiger partial charge in [0.25, 0.3) is 0 Å². The first-order valence-electron chi connectivity index (χ1n) is 4.63. The van der Waals surface area contributed by atoms with E-state index in [1.54, 1.807) is 0 Å². The summed E-state index contributed by atoms with van der Waals surface area (Å²) in [5, 5.41) is 3.13. The van der Waals surface area contributed by atoms with Gasteiger partial charge in [0.1, 0.15) is 0 Å². The largest absolute Gasteiger partial charge is 0.317 e. The first-order chi connectivity index (χ1) is 6.34. The molecule has 0 radical (unpaired) electrons. The van der Waals surface area contributed by atoms with E-state index in [-0.39, 0.29) is 5.78 Å². The van der Waals surface area contributed by atoms with E-state index in [0.717, 1.165) is 18.7 Å². The Kier molecular flexibility index (Phi) is 4.19. The highest BCUT2D eigenvalue weighted by Gasteiger charge is 2.02. The number of benzene rings is 1. The molecule has 0 aliphatic heterocycles. The number of ketones is 1. The maximum Gasteiger partial charge on any atom is 0.164 e. The molecule has 0 saturated carbocycles. The van der Waals surface area contributed by atoms with E-state index in [4.69, 9.17) is 0 Å². The maximum atomic E-state index is 11.5. The highest BCUT2D eigenvalue weighted by atomic mass is 16.1. The topological polar surface area (TPSA) is 29.1 Å². The van der Waals surface area contributed by atoms with Gasteiger partial charge in [0.15, 0.2) is 5.78 Å². The van der Waals surface area contributed by atoms with Crippen molar-refractivity contribution >= 4 is 5.78 Å². The van der Waals surface area contributed by atoms with Crippen LogP contribution in [0.2, 0.25) is 0 Å². The van der Waals surface area contributed by atoms with E-state index >= 15 is 0 Å². The van der Waals surface area contributed by atoms with Crippen LogP contribution in [0.25, 0.3) is 0 Å². The number of rotatable bonds is 5. The zero-order valence-corrected chi connectivity index (χ0v) is 7.92. The molecule has 1 rings (SSSR count). The molecule has 0 aliphatic carbocycles. The van der Waals surface area contributed by atoms with Crippen LogP contribution in [0.5, 0.6) is 0 Å². The Balaban J connectivity index is 2.40. The fourth-order valence-electron chi connectivity index (χ4n) is 1.15. The summed E-state index contributed by atoms with van der Waals surface area (Å²) in [5.74, 6) is 0.210. The van der Waals surface area contributed by atoms with Crippen LogP contribution in [-0.4, -0.2) is 18.9 Å². The molecule has 1 N–H and O–H groups in total. The predicted octanol–water partition coefficient (Wildman–Crippen LogP) is 1.87. The van der Waals surface area contributed by atoms with E-state index in [1.165, 1.54) is 0 Å². The summed E-state index contributed by atoms with van der Waals surface area (Å²) < 4.78 is 0. The average Bonchev–Trinajstić information content (AvgIpc) is 2.19. The van der Waals surface area contributed by atoms with Gasteiger partial charge in [-0.05, 0) is 6.54 Å². The lowest BCUT2D eigenvalue weighted by Crippen LogP contribution is -2.17. The van der Waals surface area contributed by atoms with Crippen molar-refractivity contribution in [1.82, 2.24) is 5.32 Å². The summed E-state index contributed by atoms with van der Waals surface area (Å²) in [6.07, 6.45) is 0.581. The molecular weight excluding hydrogens is 162 g/mol. The number of carbonyl (C=O) groups excluding carboxylic acids is 1. The van der Waals surface area contributed by atoms with Crippen LogP contribution in [0.4, 0.5) is 0 Å². The van der Waals surface area contributed by atoms with Crippen molar-refractivity contribution in [3.8, 4) is 0 Å². The summed E-state index contributed by atoms with van der Waals surface area (Å²) in [4.78, 5) is 11.5. The minimum absolute atomic E-state index is 0.210. The quantitative estimate of drug-likeness (QED) is 0.549. The van der Waals surface area contributed by atoms with Crippen molar-refractivity contribution in [3.05, 3.63) is 35.9 Å². The van der Waals surface area contributed by atoms with Gasteiger partial charge in [-0.3, -0.25) is 4.79 Å². The van der Waals surface area contributed by atoms with E-state index in [0.29, 0.717) is 6.42 Å². The van der Waals surface area contributed by atoms with E-state index in [2.05, 4.69) is 5.32 Å². The van der Waals surface area contributed by atoms with E-state index in [9.17, 15) is 4.79 Å². The van der Waals surface area contributed by atoms with Crippen LogP contribution in [0, 0.1) is 0 Å². The molecular formula is C11H15NO. The zero-order chi connectivity index (χ0) is 9.52. The van der Waals surface area contributed by atoms with Crippen molar-refractivity contribution in [1.29, 1.82) is 0 Å². The van der Waals surface area contributed by atoms with Gasteiger partial charge < -0.3 is 5.32 Å². The Morgan fingerprint density at radius 3 is 2.62 bits per heavy atom. The van der Waals surface area contributed by atoms with Crippen LogP contribution in [0.3, 0.4) is 0 Å². The lowest BCUT2D eigenvalue weighted by atomic mass is 10.1. The minimum Gasteiger partial charge on any atom is -0.317 e. The van der Waals surface area contributed by atoms with Crippen molar-refractivity contribution in [3.63, 3.8) is 0 Å². The van der Waals surface area contributed by atoms with Crippen molar-refractivity contribution in [2.75, 3.05) is 13.1 Å². The van der Waals surface area contributed by atoms with E-state index in [1.807, 2.05) is 37.3 Å². The second-order valence-electron chi connectivity index (χ2n) is 2.89. The van der Waals surface area contributed by atoms with Crippen LogP contribution in [0.1, 0.15) is 23.7 Å². The number of carbonyl (C=O) groups is 1. The minimum atomic E-state index is 0.210. The zero-order valence-electron chi connectivity index (χ0n) is 7.92. The summed E-state index contributed by atoms with van der Waals surface area (Å²) in [6.45, 7) is 3.72. The number of hydrogen-bond donors (Lipinski definition) is 1. The van der Waals surface area contributed by atoms with Gasteiger partial charge in [-0.15, -0.1) is 0 Å². The fraction of sp³-hybridized carbons (Fsp3) is 0.364. The molecule has 0 amide bonds. The molecule has 0 unspecified atom stereocenters. The van der Waals surface area contributed by atoms with Gasteiger partial charge in [-0.2, -0.15) is 0 Å². The molecule has 2 heteroatoms. The second kappa shape index (κ2) is 5.49. The molecule has 2 nitrogen and oxygen atoms in total. The third-order valence-electron chi connectivity index (χ3n) is 1.87. The SMILES string of the molecule is CCNCCC(=O)c1ccccc1. The fourth-order valence-corrected chi connectivity index (χ4v) is 1.15. The molecule has 0 spiro atoms. The molecule has 0 bridgehead atoms. The van der Waals surface area contributed by atoms with Gasteiger partial charge >= 0.3 is 0 Å². The summed E-state index contributed by atoms with van der Waals surface area (Å²) in [7, 11) is 0. The number of hydrogen-bond acceptors (Lipinski definition) is 2. The Morgan fingerprint density at radius 2 is 2.00 bits per heavy atom. The first-order valence-corrected chi connectivity index (χ1v) is 4.63. The van der Waals surface area contributed by atoms with Gasteiger partial charge in [0, 0.05) is 18.5 Å². The second-order valence-corrected chi connectivity index (χ2v) is 2.89. The molecule has 0 saturated heterocycles. The highest BCUT2D eigenvalue weighted by Crippen LogP contribution is 2.01. The lowest BCUT2D eigenvalue weighted by Gasteiger charge is -2.00. The highest BCUT2D eigenvalue weighted by molar-refractivity contribution is 5.96. The molecule has 0 aliphatic rings. The molecule has 1 aromatic carbocycles. The Hall–Kier alpha value is -1.15. The van der Waals surface area contributed by atoms with Crippen LogP contribution in [0.15, 0.2) is 30.3 Å². The number of nitrogens with one attached hydrogen (secondary N) is 1. The standard InChI is InChI=1S/C11H15NO/c1-2-12-9-8-11(13)10-6-4-3-5-7-10/h3-7,12H,2,8-9H2,1H3. The third kappa shape index (κ3) is 3.38. The molecule has 0 atom stereocenters. The van der Waals surface area contributed by atoms with Crippen LogP contribution in [-0.2, 0) is 0 Å². The molecule has 0 aromatic heterocycles. The van der Waals surface area contributed by atoms with Crippen molar-refractivity contribution in [2.24, 2.45) is 0 Å². The van der Waals surface area contributed by atoms with Crippen LogP contribution < -0.4 is 5.32 Å². The Morgan fingerprint density at radius 1 is 1.31 bits per heavy atom. The molecule has 13 heavy (non-hydrogen) atoms. The van der Waals surface area contributed by atoms with Gasteiger partial charge in [0.05, 0.1) is 0 Å². The summed E-state index contributed by atoms with van der Waals surface area (Å²) in [6, 6.07) is 9.41. The lowest BCUT2D eigenvalue weighted by molar-refractivity contribution is 0.0983. The van der Waals surface area contributed by atoms with Gasteiger partial charge in [-0.1, -0.05) is 37.3 Å². The molecule has 0 heterocycles. The van der Waals surface area contributed by atoms with Gasteiger partial charge in [0.2, 0.25) is 0 Å². The average molecular weight is 177 g/mol. The van der Waals surface area contributed by atoms with Crippen molar-refractivity contribution < 1.29 is 4.79 Å². The Bertz CT molecular complexity index is 256.